The third kappa shape index (κ3) is 6.33. The van der Waals surface area contributed by atoms with Crippen molar-refractivity contribution in [2.75, 3.05) is 20.1 Å². The number of hydrogen-bond donors (Lipinski definition) is 2. The van der Waals surface area contributed by atoms with E-state index < -0.39 is 11.9 Å². The highest BCUT2D eigenvalue weighted by Gasteiger charge is 2.33. The molecule has 2 aromatic rings. The van der Waals surface area contributed by atoms with Crippen LogP contribution >= 0.6 is 11.3 Å². The van der Waals surface area contributed by atoms with Crippen LogP contribution in [0, 0.1) is 0 Å². The number of benzene rings is 1. The van der Waals surface area contributed by atoms with Crippen molar-refractivity contribution in [1.82, 2.24) is 15.6 Å². The summed E-state index contributed by atoms with van der Waals surface area (Å²) in [7, 11) is 1.66. The van der Waals surface area contributed by atoms with Crippen LogP contribution in [0.5, 0.6) is 0 Å². The zero-order valence-electron chi connectivity index (χ0n) is 14.9. The molecular weight excluding hydrogens is 361 g/mol. The second-order valence-electron chi connectivity index (χ2n) is 5.72. The van der Waals surface area contributed by atoms with E-state index in [1.54, 1.807) is 7.05 Å². The van der Waals surface area contributed by atoms with Crippen LogP contribution in [0.3, 0.4) is 0 Å². The van der Waals surface area contributed by atoms with Crippen LogP contribution in [-0.4, -0.2) is 31.1 Å². The van der Waals surface area contributed by atoms with E-state index in [0.717, 1.165) is 36.1 Å². The summed E-state index contributed by atoms with van der Waals surface area (Å²) in [4.78, 5) is 7.73. The minimum absolute atomic E-state index is 0.417. The maximum atomic E-state index is 12.5. The number of aryl methyl sites for hydroxylation is 1. The molecule has 8 heteroatoms. The van der Waals surface area contributed by atoms with Crippen molar-refractivity contribution in [2.45, 2.75) is 32.4 Å². The lowest BCUT2D eigenvalue weighted by atomic mass is 10.1. The first-order chi connectivity index (χ1) is 12.4. The van der Waals surface area contributed by atoms with Gasteiger partial charge in [0.15, 0.2) is 11.7 Å². The van der Waals surface area contributed by atoms with Crippen LogP contribution in [0.2, 0.25) is 0 Å². The van der Waals surface area contributed by atoms with Crippen molar-refractivity contribution >= 4 is 17.3 Å². The van der Waals surface area contributed by atoms with E-state index in [-0.39, 0.29) is 0 Å². The third-order valence-electron chi connectivity index (χ3n) is 3.83. The molecule has 1 aromatic heterocycles. The first-order valence-electron chi connectivity index (χ1n) is 8.46. The number of aliphatic imine (C=N–C) groups is 1. The summed E-state index contributed by atoms with van der Waals surface area (Å²) in [5.41, 5.74) is 1.73. The number of alkyl halides is 3. The zero-order valence-corrected chi connectivity index (χ0v) is 15.7. The molecule has 2 N–H and O–H groups in total. The van der Waals surface area contributed by atoms with Crippen LogP contribution in [0.25, 0.3) is 0 Å². The molecule has 0 unspecified atom stereocenters. The normalized spacial score (nSPS) is 12.3. The number of hydrogen-bond acceptors (Lipinski definition) is 3. The van der Waals surface area contributed by atoms with Crippen LogP contribution < -0.4 is 10.6 Å². The van der Waals surface area contributed by atoms with Gasteiger partial charge in [-0.15, -0.1) is 11.3 Å². The van der Waals surface area contributed by atoms with Gasteiger partial charge in [0, 0.05) is 31.9 Å². The predicted octanol–water partition coefficient (Wildman–Crippen LogP) is 3.67. The van der Waals surface area contributed by atoms with Gasteiger partial charge in [0.2, 0.25) is 0 Å². The Morgan fingerprint density at radius 1 is 1.08 bits per heavy atom. The van der Waals surface area contributed by atoms with Crippen LogP contribution in [0.15, 0.2) is 34.6 Å². The van der Waals surface area contributed by atoms with E-state index in [1.807, 2.05) is 0 Å². The van der Waals surface area contributed by atoms with Crippen LogP contribution in [0.4, 0.5) is 13.2 Å². The highest BCUT2D eigenvalue weighted by atomic mass is 32.1. The van der Waals surface area contributed by atoms with Gasteiger partial charge in [-0.25, -0.2) is 4.98 Å². The summed E-state index contributed by atoms with van der Waals surface area (Å²) in [6.45, 7) is 3.32. The summed E-state index contributed by atoms with van der Waals surface area (Å²) in [5, 5.41) is 7.80. The Bertz CT molecular complexity index is 708. The standard InChI is InChI=1S/C18H23F3N4S/c1-3-13-4-6-14(7-5-13)8-10-23-17(22-2)24-11-9-16-25-15(12-26-16)18(19,20)21/h4-7,12H,3,8-11H2,1-2H3,(H2,22,23,24). The number of thiazole rings is 1. The molecule has 0 aliphatic carbocycles. The molecule has 0 aliphatic rings. The van der Waals surface area contributed by atoms with E-state index in [4.69, 9.17) is 0 Å². The molecule has 1 heterocycles. The van der Waals surface area contributed by atoms with E-state index in [1.165, 1.54) is 11.1 Å². The molecule has 0 radical (unpaired) electrons. The summed E-state index contributed by atoms with van der Waals surface area (Å²) >= 11 is 1.02. The van der Waals surface area contributed by atoms with E-state index >= 15 is 0 Å². The summed E-state index contributed by atoms with van der Waals surface area (Å²) < 4.78 is 37.6. The summed E-state index contributed by atoms with van der Waals surface area (Å²) in [6, 6.07) is 8.51. The molecule has 26 heavy (non-hydrogen) atoms. The highest BCUT2D eigenvalue weighted by Crippen LogP contribution is 2.29. The van der Waals surface area contributed by atoms with Gasteiger partial charge in [-0.3, -0.25) is 4.99 Å². The Hall–Kier alpha value is -2.09. The fraction of sp³-hybridized carbons (Fsp3) is 0.444. The average molecular weight is 384 g/mol. The lowest BCUT2D eigenvalue weighted by Crippen LogP contribution is -2.39. The van der Waals surface area contributed by atoms with Crippen molar-refractivity contribution in [2.24, 2.45) is 4.99 Å². The minimum Gasteiger partial charge on any atom is -0.356 e. The second kappa shape index (κ2) is 9.56. The highest BCUT2D eigenvalue weighted by molar-refractivity contribution is 7.09. The molecular formula is C18H23F3N4S. The fourth-order valence-electron chi connectivity index (χ4n) is 2.33. The zero-order chi connectivity index (χ0) is 19.0. The van der Waals surface area contributed by atoms with E-state index in [2.05, 4.69) is 51.8 Å². The monoisotopic (exact) mass is 384 g/mol. The molecule has 0 spiro atoms. The average Bonchev–Trinajstić information content (AvgIpc) is 3.10. The van der Waals surface area contributed by atoms with E-state index in [9.17, 15) is 13.2 Å². The Morgan fingerprint density at radius 2 is 1.69 bits per heavy atom. The topological polar surface area (TPSA) is 49.3 Å². The van der Waals surface area contributed by atoms with Gasteiger partial charge in [-0.05, 0) is 24.0 Å². The SMILES string of the molecule is CCc1ccc(CCNC(=NC)NCCc2nc(C(F)(F)F)cs2)cc1. The van der Waals surface area contributed by atoms with Gasteiger partial charge in [-0.1, -0.05) is 31.2 Å². The minimum atomic E-state index is -4.38. The molecule has 0 atom stereocenters. The molecule has 0 aliphatic heterocycles. The fourth-order valence-corrected chi connectivity index (χ4v) is 3.14. The molecule has 142 valence electrons. The van der Waals surface area contributed by atoms with Crippen molar-refractivity contribution in [3.8, 4) is 0 Å². The quantitative estimate of drug-likeness (QED) is 0.566. The number of guanidine groups is 1. The lowest BCUT2D eigenvalue weighted by Gasteiger charge is -2.11. The van der Waals surface area contributed by atoms with Gasteiger partial charge in [0.05, 0.1) is 5.01 Å². The Kier molecular flexibility index (Phi) is 7.44. The van der Waals surface area contributed by atoms with E-state index in [0.29, 0.717) is 23.9 Å². The van der Waals surface area contributed by atoms with Crippen molar-refractivity contribution in [1.29, 1.82) is 0 Å². The molecule has 1 aromatic carbocycles. The van der Waals surface area contributed by atoms with Gasteiger partial charge in [0.25, 0.3) is 0 Å². The lowest BCUT2D eigenvalue weighted by molar-refractivity contribution is -0.140. The number of halogens is 3. The smallest absolute Gasteiger partial charge is 0.356 e. The van der Waals surface area contributed by atoms with Crippen molar-refractivity contribution in [3.05, 3.63) is 51.5 Å². The molecule has 0 fully saturated rings. The Labute approximate surface area is 155 Å². The largest absolute Gasteiger partial charge is 0.434 e. The molecule has 0 saturated heterocycles. The molecule has 0 saturated carbocycles. The van der Waals surface area contributed by atoms with Gasteiger partial charge in [-0.2, -0.15) is 13.2 Å². The molecule has 0 bridgehead atoms. The maximum absolute atomic E-state index is 12.5. The number of aromatic nitrogens is 1. The maximum Gasteiger partial charge on any atom is 0.434 e. The molecule has 4 nitrogen and oxygen atoms in total. The number of nitrogens with zero attached hydrogens (tertiary/aromatic N) is 2. The first-order valence-corrected chi connectivity index (χ1v) is 9.34. The number of rotatable bonds is 7. The van der Waals surface area contributed by atoms with Crippen molar-refractivity contribution in [3.63, 3.8) is 0 Å². The molecule has 0 amide bonds. The first kappa shape index (κ1) is 20.2. The third-order valence-corrected chi connectivity index (χ3v) is 4.74. The predicted molar refractivity (Wildman–Crippen MR) is 99.7 cm³/mol. The number of nitrogens with one attached hydrogen (secondary N) is 2. The molecule has 2 rings (SSSR count). The van der Waals surface area contributed by atoms with Crippen LogP contribution in [0.1, 0.15) is 28.8 Å². The van der Waals surface area contributed by atoms with Gasteiger partial charge >= 0.3 is 6.18 Å². The van der Waals surface area contributed by atoms with Gasteiger partial charge in [0.1, 0.15) is 0 Å². The summed E-state index contributed by atoms with van der Waals surface area (Å²) in [5.74, 6) is 0.628. The van der Waals surface area contributed by atoms with Crippen molar-refractivity contribution < 1.29 is 13.2 Å². The van der Waals surface area contributed by atoms with Gasteiger partial charge < -0.3 is 10.6 Å². The Morgan fingerprint density at radius 3 is 2.23 bits per heavy atom. The second-order valence-corrected chi connectivity index (χ2v) is 6.66. The summed E-state index contributed by atoms with van der Waals surface area (Å²) in [6.07, 6.45) is -2.07. The van der Waals surface area contributed by atoms with Crippen LogP contribution in [-0.2, 0) is 25.4 Å². The Balaban J connectivity index is 1.71.